The van der Waals surface area contributed by atoms with Crippen molar-refractivity contribution in [2.75, 3.05) is 11.4 Å². The summed E-state index contributed by atoms with van der Waals surface area (Å²) < 4.78 is 5.56. The van der Waals surface area contributed by atoms with Gasteiger partial charge in [0.1, 0.15) is 5.75 Å². The topological polar surface area (TPSA) is 84.0 Å². The molecule has 0 radical (unpaired) electrons. The first-order valence-corrected chi connectivity index (χ1v) is 12.7. The molecular weight excluding hydrogens is 456 g/mol. The standard InChI is InChI=1S/C29H26N2O5/c32-24-12-17(15-30(24)14-16-4-2-1-3-5-16)29(35)36-19-8-6-18(7-9-19)31-27(33)25-20-10-11-21(23-13-22(20)23)26(25)28(31)34/h1-11,17,20-23,25-26H,12-15H2/t17-,20-,21-,22-,23+,25+,26+/m0/s1. The van der Waals surface area contributed by atoms with E-state index in [0.717, 1.165) is 12.0 Å². The molecule has 36 heavy (non-hydrogen) atoms. The minimum absolute atomic E-state index is 0.0650. The summed E-state index contributed by atoms with van der Waals surface area (Å²) >= 11 is 0. The van der Waals surface area contributed by atoms with Gasteiger partial charge in [-0.2, -0.15) is 0 Å². The molecule has 7 atom stereocenters. The molecule has 8 rings (SSSR count). The quantitative estimate of drug-likeness (QED) is 0.283. The van der Waals surface area contributed by atoms with E-state index in [9.17, 15) is 19.2 Å². The molecule has 0 unspecified atom stereocenters. The number of likely N-dealkylation sites (tertiary alicyclic amines) is 1. The molecule has 2 bridgehead atoms. The van der Waals surface area contributed by atoms with Gasteiger partial charge in [-0.1, -0.05) is 42.5 Å². The van der Waals surface area contributed by atoms with Gasteiger partial charge in [-0.15, -0.1) is 0 Å². The fourth-order valence-corrected chi connectivity index (χ4v) is 6.96. The smallest absolute Gasteiger partial charge is 0.316 e. The molecule has 2 saturated heterocycles. The monoisotopic (exact) mass is 482 g/mol. The second-order valence-electron chi connectivity index (χ2n) is 10.7. The number of rotatable bonds is 5. The summed E-state index contributed by atoms with van der Waals surface area (Å²) in [6, 6.07) is 16.2. The third-order valence-electron chi connectivity index (χ3n) is 8.74. The van der Waals surface area contributed by atoms with Crippen LogP contribution in [0.25, 0.3) is 0 Å². The van der Waals surface area contributed by atoms with E-state index in [1.165, 1.54) is 4.90 Å². The molecule has 4 fully saturated rings. The fraction of sp³-hybridized carbons (Fsp3) is 0.379. The molecule has 2 aromatic carbocycles. The number of nitrogens with zero attached hydrogens (tertiary/aromatic N) is 2. The molecule has 3 amide bonds. The van der Waals surface area contributed by atoms with E-state index in [2.05, 4.69) is 12.2 Å². The van der Waals surface area contributed by atoms with E-state index in [0.29, 0.717) is 36.4 Å². The number of ether oxygens (including phenoxy) is 1. The van der Waals surface area contributed by atoms with Crippen LogP contribution in [0.4, 0.5) is 5.69 Å². The highest BCUT2D eigenvalue weighted by Crippen LogP contribution is 2.65. The van der Waals surface area contributed by atoms with Gasteiger partial charge < -0.3 is 9.64 Å². The third kappa shape index (κ3) is 3.25. The molecule has 182 valence electrons. The average molecular weight is 483 g/mol. The Morgan fingerprint density at radius 3 is 2.14 bits per heavy atom. The predicted molar refractivity (Wildman–Crippen MR) is 129 cm³/mol. The average Bonchev–Trinajstić information content (AvgIpc) is 3.58. The van der Waals surface area contributed by atoms with Gasteiger partial charge in [0.15, 0.2) is 0 Å². The van der Waals surface area contributed by atoms with Gasteiger partial charge in [-0.3, -0.25) is 24.1 Å². The molecule has 2 saturated carbocycles. The maximum absolute atomic E-state index is 13.3. The summed E-state index contributed by atoms with van der Waals surface area (Å²) in [7, 11) is 0. The summed E-state index contributed by atoms with van der Waals surface area (Å²) in [6.45, 7) is 0.791. The second-order valence-corrected chi connectivity index (χ2v) is 10.7. The van der Waals surface area contributed by atoms with Crippen molar-refractivity contribution in [3.05, 3.63) is 72.3 Å². The van der Waals surface area contributed by atoms with Crippen molar-refractivity contribution >= 4 is 29.4 Å². The molecule has 4 aliphatic carbocycles. The van der Waals surface area contributed by atoms with Crippen molar-refractivity contribution in [2.24, 2.45) is 41.4 Å². The van der Waals surface area contributed by atoms with Gasteiger partial charge in [-0.25, -0.2) is 0 Å². The number of carbonyl (C=O) groups is 4. The van der Waals surface area contributed by atoms with Gasteiger partial charge >= 0.3 is 5.97 Å². The zero-order chi connectivity index (χ0) is 24.6. The minimum Gasteiger partial charge on any atom is -0.426 e. The van der Waals surface area contributed by atoms with E-state index in [4.69, 9.17) is 4.74 Å². The first-order valence-electron chi connectivity index (χ1n) is 12.7. The Kier molecular flexibility index (Phi) is 4.72. The van der Waals surface area contributed by atoms with Crippen molar-refractivity contribution < 1.29 is 23.9 Å². The van der Waals surface area contributed by atoms with E-state index in [1.807, 2.05) is 30.3 Å². The number of esters is 1. The maximum atomic E-state index is 13.3. The molecule has 2 aliphatic heterocycles. The van der Waals surface area contributed by atoms with E-state index < -0.39 is 11.9 Å². The van der Waals surface area contributed by atoms with Crippen LogP contribution in [-0.2, 0) is 25.7 Å². The summed E-state index contributed by atoms with van der Waals surface area (Å²) in [4.78, 5) is 54.8. The van der Waals surface area contributed by atoms with Crippen LogP contribution in [0.1, 0.15) is 18.4 Å². The zero-order valence-electron chi connectivity index (χ0n) is 19.7. The van der Waals surface area contributed by atoms with Gasteiger partial charge in [0, 0.05) is 19.5 Å². The predicted octanol–water partition coefficient (Wildman–Crippen LogP) is 3.20. The fourth-order valence-electron chi connectivity index (χ4n) is 6.96. The van der Waals surface area contributed by atoms with Gasteiger partial charge in [0.25, 0.3) is 0 Å². The Morgan fingerprint density at radius 2 is 1.50 bits per heavy atom. The largest absolute Gasteiger partial charge is 0.426 e. The molecular formula is C29H26N2O5. The highest BCUT2D eigenvalue weighted by Gasteiger charge is 2.67. The number of hydrogen-bond acceptors (Lipinski definition) is 5. The van der Waals surface area contributed by atoms with Crippen LogP contribution in [-0.4, -0.2) is 35.1 Å². The summed E-state index contributed by atoms with van der Waals surface area (Å²) in [5.41, 5.74) is 1.53. The molecule has 0 aromatic heterocycles. The summed E-state index contributed by atoms with van der Waals surface area (Å²) in [6.07, 6.45) is 5.58. The van der Waals surface area contributed by atoms with Crippen molar-refractivity contribution in [1.29, 1.82) is 0 Å². The van der Waals surface area contributed by atoms with E-state index in [-0.39, 0.29) is 47.8 Å². The van der Waals surface area contributed by atoms with Crippen LogP contribution >= 0.6 is 0 Å². The number of amides is 3. The van der Waals surface area contributed by atoms with Gasteiger partial charge in [0.2, 0.25) is 17.7 Å². The Labute approximate surface area is 208 Å². The molecule has 7 nitrogen and oxygen atoms in total. The zero-order valence-corrected chi connectivity index (χ0v) is 19.7. The number of carbonyl (C=O) groups excluding carboxylic acids is 4. The Hall–Kier alpha value is -3.74. The molecule has 6 aliphatic rings. The van der Waals surface area contributed by atoms with Crippen molar-refractivity contribution in [3.63, 3.8) is 0 Å². The first-order chi connectivity index (χ1) is 17.5. The minimum atomic E-state index is -0.528. The van der Waals surface area contributed by atoms with Gasteiger partial charge in [-0.05, 0) is 59.9 Å². The van der Waals surface area contributed by atoms with Crippen LogP contribution < -0.4 is 9.64 Å². The Bertz CT molecular complexity index is 1270. The van der Waals surface area contributed by atoms with Gasteiger partial charge in [0.05, 0.1) is 23.4 Å². The molecule has 0 spiro atoms. The van der Waals surface area contributed by atoms with Crippen LogP contribution in [0.15, 0.2) is 66.7 Å². The molecule has 7 heteroatoms. The molecule has 2 aromatic rings. The Balaban J connectivity index is 1.01. The lowest BCUT2D eigenvalue weighted by atomic mass is 9.63. The lowest BCUT2D eigenvalue weighted by molar-refractivity contribution is -0.139. The summed E-state index contributed by atoms with van der Waals surface area (Å²) in [5, 5.41) is 0. The SMILES string of the molecule is O=C(Oc1ccc(N2C(=O)[C@@H]3[C@H]4C=C[C@@H]([C@@H]5C[C@H]45)[C@H]3C2=O)cc1)[C@H]1CC(=O)N(Cc2ccccc2)C1. The van der Waals surface area contributed by atoms with Crippen LogP contribution in [0, 0.1) is 41.4 Å². The lowest BCUT2D eigenvalue weighted by Gasteiger charge is -2.37. The highest BCUT2D eigenvalue weighted by molar-refractivity contribution is 6.22. The first kappa shape index (κ1) is 21.5. The van der Waals surface area contributed by atoms with Crippen LogP contribution in [0.2, 0.25) is 0 Å². The number of hydrogen-bond donors (Lipinski definition) is 0. The number of anilines is 1. The third-order valence-corrected chi connectivity index (χ3v) is 8.74. The van der Waals surface area contributed by atoms with Crippen LogP contribution in [0.3, 0.4) is 0 Å². The van der Waals surface area contributed by atoms with Crippen molar-refractivity contribution in [3.8, 4) is 5.75 Å². The number of benzene rings is 2. The number of imide groups is 1. The maximum Gasteiger partial charge on any atom is 0.316 e. The van der Waals surface area contributed by atoms with E-state index >= 15 is 0 Å². The summed E-state index contributed by atoms with van der Waals surface area (Å²) in [5.74, 6) is 0.0704. The lowest BCUT2D eigenvalue weighted by Crippen LogP contribution is -2.40. The molecule has 2 heterocycles. The highest BCUT2D eigenvalue weighted by atomic mass is 16.5. The van der Waals surface area contributed by atoms with Crippen molar-refractivity contribution in [1.82, 2.24) is 4.90 Å². The normalized spacial score (nSPS) is 33.7. The Morgan fingerprint density at radius 1 is 0.861 bits per heavy atom. The van der Waals surface area contributed by atoms with Crippen LogP contribution in [0.5, 0.6) is 5.75 Å². The second kappa shape index (κ2) is 7.88. The molecule has 0 N–H and O–H groups in total. The number of allylic oxidation sites excluding steroid dienone is 2. The van der Waals surface area contributed by atoms with Crippen molar-refractivity contribution in [2.45, 2.75) is 19.4 Å². The van der Waals surface area contributed by atoms with E-state index in [1.54, 1.807) is 29.2 Å².